The Bertz CT molecular complexity index is 799. The van der Waals surface area contributed by atoms with E-state index in [1.54, 1.807) is 0 Å². The van der Waals surface area contributed by atoms with E-state index in [1.807, 2.05) is 48.5 Å². The van der Waals surface area contributed by atoms with Crippen molar-refractivity contribution in [1.82, 2.24) is 9.55 Å². The summed E-state index contributed by atoms with van der Waals surface area (Å²) in [5.41, 5.74) is 2.03. The fourth-order valence-corrected chi connectivity index (χ4v) is 2.99. The molecule has 3 rings (SSSR count). The number of para-hydroxylation sites is 2. The van der Waals surface area contributed by atoms with Crippen molar-refractivity contribution >= 4 is 27.0 Å². The van der Waals surface area contributed by atoms with Crippen LogP contribution in [0.5, 0.6) is 5.75 Å². The summed E-state index contributed by atoms with van der Waals surface area (Å²) in [5.74, 6) is 1.77. The van der Waals surface area contributed by atoms with Gasteiger partial charge in [-0.3, -0.25) is 0 Å². The van der Waals surface area contributed by atoms with Crippen LogP contribution in [0.15, 0.2) is 53.0 Å². The SMILES string of the molecule is CCCc1nc2ccccc2n1C[C@H](O)COc1ccc(Br)cc1. The second-order valence-corrected chi connectivity index (χ2v) is 6.71. The van der Waals surface area contributed by atoms with Crippen LogP contribution in [-0.4, -0.2) is 27.4 Å². The van der Waals surface area contributed by atoms with Crippen molar-refractivity contribution in [3.8, 4) is 5.75 Å². The molecule has 0 saturated carbocycles. The van der Waals surface area contributed by atoms with Gasteiger partial charge in [0.25, 0.3) is 0 Å². The van der Waals surface area contributed by atoms with Gasteiger partial charge in [-0.1, -0.05) is 35.0 Å². The van der Waals surface area contributed by atoms with Crippen LogP contribution in [0.4, 0.5) is 0 Å². The van der Waals surface area contributed by atoms with Gasteiger partial charge in [0.15, 0.2) is 0 Å². The average Bonchev–Trinajstić information content (AvgIpc) is 2.92. The molecule has 0 amide bonds. The van der Waals surface area contributed by atoms with Crippen molar-refractivity contribution in [2.24, 2.45) is 0 Å². The van der Waals surface area contributed by atoms with Crippen LogP contribution >= 0.6 is 15.9 Å². The number of imidazole rings is 1. The summed E-state index contributed by atoms with van der Waals surface area (Å²) in [5, 5.41) is 10.4. The standard InChI is InChI=1S/C19H21BrN2O2/c1-2-5-19-21-17-6-3-4-7-18(17)22(19)12-15(23)13-24-16-10-8-14(20)9-11-16/h3-4,6-11,15,23H,2,5,12-13H2,1H3/t15-/m0/s1. The number of aliphatic hydroxyl groups is 1. The van der Waals surface area contributed by atoms with E-state index in [0.29, 0.717) is 6.54 Å². The number of aromatic nitrogens is 2. The highest BCUT2D eigenvalue weighted by Crippen LogP contribution is 2.19. The predicted molar refractivity (Wildman–Crippen MR) is 99.4 cm³/mol. The average molecular weight is 389 g/mol. The largest absolute Gasteiger partial charge is 0.491 e. The number of aryl methyl sites for hydroxylation is 1. The number of fused-ring (bicyclic) bond motifs is 1. The number of halogens is 1. The first-order chi connectivity index (χ1) is 11.7. The molecule has 1 heterocycles. The molecule has 126 valence electrons. The van der Waals surface area contributed by atoms with Gasteiger partial charge in [-0.05, 0) is 42.8 Å². The molecule has 24 heavy (non-hydrogen) atoms. The maximum absolute atomic E-state index is 10.4. The predicted octanol–water partition coefficient (Wildman–Crippen LogP) is 4.19. The minimum Gasteiger partial charge on any atom is -0.491 e. The van der Waals surface area contributed by atoms with Gasteiger partial charge in [-0.15, -0.1) is 0 Å². The number of hydrogen-bond donors (Lipinski definition) is 1. The van der Waals surface area contributed by atoms with E-state index in [-0.39, 0.29) is 6.61 Å². The van der Waals surface area contributed by atoms with Gasteiger partial charge in [-0.25, -0.2) is 4.98 Å². The third-order valence-electron chi connectivity index (χ3n) is 3.86. The van der Waals surface area contributed by atoms with Gasteiger partial charge in [-0.2, -0.15) is 0 Å². The Morgan fingerprint density at radius 1 is 1.17 bits per heavy atom. The van der Waals surface area contributed by atoms with E-state index < -0.39 is 6.10 Å². The zero-order valence-corrected chi connectivity index (χ0v) is 15.2. The van der Waals surface area contributed by atoms with Crippen LogP contribution in [0, 0.1) is 0 Å². The van der Waals surface area contributed by atoms with E-state index in [9.17, 15) is 5.11 Å². The Hall–Kier alpha value is -1.85. The summed E-state index contributed by atoms with van der Waals surface area (Å²) in [7, 11) is 0. The summed E-state index contributed by atoms with van der Waals surface area (Å²) in [6.45, 7) is 2.86. The monoisotopic (exact) mass is 388 g/mol. The minimum absolute atomic E-state index is 0.250. The zero-order chi connectivity index (χ0) is 16.9. The molecular weight excluding hydrogens is 368 g/mol. The Balaban J connectivity index is 1.71. The molecule has 1 N–H and O–H groups in total. The van der Waals surface area contributed by atoms with Gasteiger partial charge in [0, 0.05) is 10.9 Å². The summed E-state index contributed by atoms with van der Waals surface area (Å²) < 4.78 is 8.79. The Morgan fingerprint density at radius 2 is 1.92 bits per heavy atom. The Kier molecular flexibility index (Phi) is 5.53. The number of benzene rings is 2. The molecule has 4 nitrogen and oxygen atoms in total. The molecule has 0 radical (unpaired) electrons. The summed E-state index contributed by atoms with van der Waals surface area (Å²) >= 11 is 3.40. The number of rotatable bonds is 7. The van der Waals surface area contributed by atoms with Crippen LogP contribution in [-0.2, 0) is 13.0 Å². The molecule has 0 aliphatic rings. The first-order valence-corrected chi connectivity index (χ1v) is 8.97. The van der Waals surface area contributed by atoms with Crippen molar-refractivity contribution < 1.29 is 9.84 Å². The number of ether oxygens (including phenoxy) is 1. The summed E-state index contributed by atoms with van der Waals surface area (Å²) in [6.07, 6.45) is 1.32. The van der Waals surface area contributed by atoms with Crippen LogP contribution in [0.2, 0.25) is 0 Å². The van der Waals surface area contributed by atoms with Gasteiger partial charge in [0.1, 0.15) is 24.3 Å². The summed E-state index contributed by atoms with van der Waals surface area (Å²) in [6, 6.07) is 15.6. The van der Waals surface area contributed by atoms with Crippen molar-refractivity contribution in [1.29, 1.82) is 0 Å². The highest BCUT2D eigenvalue weighted by Gasteiger charge is 2.14. The number of hydrogen-bond acceptors (Lipinski definition) is 3. The lowest BCUT2D eigenvalue weighted by atomic mass is 10.3. The fourth-order valence-electron chi connectivity index (χ4n) is 2.73. The molecule has 0 bridgehead atoms. The highest BCUT2D eigenvalue weighted by atomic mass is 79.9. The van der Waals surface area contributed by atoms with Crippen molar-refractivity contribution in [3.63, 3.8) is 0 Å². The van der Waals surface area contributed by atoms with Gasteiger partial charge in [0.05, 0.1) is 17.6 Å². The van der Waals surface area contributed by atoms with E-state index in [0.717, 1.165) is 39.9 Å². The number of nitrogens with zero attached hydrogens (tertiary/aromatic N) is 2. The topological polar surface area (TPSA) is 47.3 Å². The van der Waals surface area contributed by atoms with Crippen molar-refractivity contribution in [2.75, 3.05) is 6.61 Å². The molecule has 0 aliphatic carbocycles. The smallest absolute Gasteiger partial charge is 0.119 e. The van der Waals surface area contributed by atoms with Crippen LogP contribution in [0.3, 0.4) is 0 Å². The van der Waals surface area contributed by atoms with E-state index >= 15 is 0 Å². The lowest BCUT2D eigenvalue weighted by Crippen LogP contribution is -2.24. The molecular formula is C19H21BrN2O2. The van der Waals surface area contributed by atoms with Crippen molar-refractivity contribution in [2.45, 2.75) is 32.4 Å². The van der Waals surface area contributed by atoms with Crippen LogP contribution < -0.4 is 4.74 Å². The second-order valence-electron chi connectivity index (χ2n) is 5.80. The molecule has 2 aromatic carbocycles. The third-order valence-corrected chi connectivity index (χ3v) is 4.39. The molecule has 1 atom stereocenters. The van der Waals surface area contributed by atoms with Gasteiger partial charge >= 0.3 is 0 Å². The quantitative estimate of drug-likeness (QED) is 0.659. The molecule has 3 aromatic rings. The lowest BCUT2D eigenvalue weighted by molar-refractivity contribution is 0.0927. The maximum Gasteiger partial charge on any atom is 0.119 e. The Morgan fingerprint density at radius 3 is 2.67 bits per heavy atom. The fraction of sp³-hybridized carbons (Fsp3) is 0.316. The molecule has 1 aromatic heterocycles. The first-order valence-electron chi connectivity index (χ1n) is 8.18. The molecule has 0 spiro atoms. The normalized spacial score (nSPS) is 12.5. The van der Waals surface area contributed by atoms with Crippen LogP contribution in [0.25, 0.3) is 11.0 Å². The van der Waals surface area contributed by atoms with Crippen molar-refractivity contribution in [3.05, 3.63) is 58.8 Å². The van der Waals surface area contributed by atoms with Crippen LogP contribution in [0.1, 0.15) is 19.2 Å². The molecule has 0 aliphatic heterocycles. The first kappa shape index (κ1) is 17.0. The lowest BCUT2D eigenvalue weighted by Gasteiger charge is -2.15. The maximum atomic E-state index is 10.4. The number of aliphatic hydroxyl groups excluding tert-OH is 1. The molecule has 0 saturated heterocycles. The minimum atomic E-state index is -0.596. The highest BCUT2D eigenvalue weighted by molar-refractivity contribution is 9.10. The Labute approximate surface area is 150 Å². The van der Waals surface area contributed by atoms with E-state index in [2.05, 4.69) is 32.4 Å². The van der Waals surface area contributed by atoms with E-state index in [1.165, 1.54) is 0 Å². The van der Waals surface area contributed by atoms with E-state index in [4.69, 9.17) is 4.74 Å². The zero-order valence-electron chi connectivity index (χ0n) is 13.7. The molecule has 0 unspecified atom stereocenters. The van der Waals surface area contributed by atoms with Gasteiger partial charge in [0.2, 0.25) is 0 Å². The summed E-state index contributed by atoms with van der Waals surface area (Å²) in [4.78, 5) is 4.69. The molecule has 0 fully saturated rings. The second kappa shape index (κ2) is 7.81. The third kappa shape index (κ3) is 3.97. The van der Waals surface area contributed by atoms with Gasteiger partial charge < -0.3 is 14.4 Å². The molecule has 5 heteroatoms.